The standard InChI is InChI=1S/C15H15FN2O2S/c1-8-4-2-6-10(16)12(8)17-15-18-13-9(14(19)20)5-3-7-11(13)21-15/h2,4,6,9H,3,5,7H2,1H3,(H,17,18)(H,19,20). The maximum absolute atomic E-state index is 13.8. The van der Waals surface area contributed by atoms with E-state index in [0.717, 1.165) is 23.3 Å². The Morgan fingerprint density at radius 2 is 2.33 bits per heavy atom. The number of hydrogen-bond donors (Lipinski definition) is 2. The van der Waals surface area contributed by atoms with Gasteiger partial charge in [0.25, 0.3) is 0 Å². The molecule has 4 nitrogen and oxygen atoms in total. The van der Waals surface area contributed by atoms with Crippen molar-refractivity contribution in [2.75, 3.05) is 5.32 Å². The summed E-state index contributed by atoms with van der Waals surface area (Å²) in [6, 6.07) is 4.87. The Balaban J connectivity index is 1.93. The third kappa shape index (κ3) is 2.63. The Kier molecular flexibility index (Phi) is 3.63. The van der Waals surface area contributed by atoms with Crippen LogP contribution in [0.4, 0.5) is 15.2 Å². The average molecular weight is 306 g/mol. The van der Waals surface area contributed by atoms with Gasteiger partial charge in [-0.2, -0.15) is 0 Å². The van der Waals surface area contributed by atoms with Crippen LogP contribution in [0.3, 0.4) is 0 Å². The molecule has 1 aromatic carbocycles. The van der Waals surface area contributed by atoms with Crippen LogP contribution in [0.2, 0.25) is 0 Å². The van der Waals surface area contributed by atoms with Gasteiger partial charge in [0.2, 0.25) is 0 Å². The number of hydrogen-bond acceptors (Lipinski definition) is 4. The SMILES string of the molecule is Cc1cccc(F)c1Nc1nc2c(s1)CCCC2C(=O)O. The summed E-state index contributed by atoms with van der Waals surface area (Å²) in [7, 11) is 0. The molecule has 21 heavy (non-hydrogen) atoms. The van der Waals surface area contributed by atoms with Crippen molar-refractivity contribution in [1.82, 2.24) is 4.98 Å². The molecule has 0 amide bonds. The lowest BCUT2D eigenvalue weighted by molar-refractivity contribution is -0.139. The molecule has 6 heteroatoms. The van der Waals surface area contributed by atoms with E-state index in [1.807, 2.05) is 13.0 Å². The fraction of sp³-hybridized carbons (Fsp3) is 0.333. The number of fused-ring (bicyclic) bond motifs is 1. The molecule has 3 rings (SSSR count). The van der Waals surface area contributed by atoms with E-state index in [-0.39, 0.29) is 5.82 Å². The third-order valence-corrected chi connectivity index (χ3v) is 4.75. The van der Waals surface area contributed by atoms with Gasteiger partial charge in [-0.05, 0) is 37.8 Å². The summed E-state index contributed by atoms with van der Waals surface area (Å²) in [5.74, 6) is -1.71. The zero-order valence-corrected chi connectivity index (χ0v) is 12.3. The van der Waals surface area contributed by atoms with Crippen molar-refractivity contribution in [3.63, 3.8) is 0 Å². The number of para-hydroxylation sites is 1. The molecule has 0 radical (unpaired) electrons. The highest BCUT2D eigenvalue weighted by atomic mass is 32.1. The molecule has 1 aliphatic rings. The summed E-state index contributed by atoms with van der Waals surface area (Å²) in [5.41, 5.74) is 1.82. The quantitative estimate of drug-likeness (QED) is 0.904. The molecular weight excluding hydrogens is 291 g/mol. The smallest absolute Gasteiger partial charge is 0.312 e. The van der Waals surface area contributed by atoms with Gasteiger partial charge in [0.15, 0.2) is 5.13 Å². The van der Waals surface area contributed by atoms with Crippen LogP contribution in [-0.4, -0.2) is 16.1 Å². The number of aromatic nitrogens is 1. The lowest BCUT2D eigenvalue weighted by atomic mass is 9.91. The second-order valence-electron chi connectivity index (χ2n) is 5.17. The van der Waals surface area contributed by atoms with Crippen LogP contribution in [0.5, 0.6) is 0 Å². The van der Waals surface area contributed by atoms with Gasteiger partial charge < -0.3 is 10.4 Å². The zero-order valence-electron chi connectivity index (χ0n) is 11.5. The lowest BCUT2D eigenvalue weighted by Gasteiger charge is -2.16. The van der Waals surface area contributed by atoms with Crippen LogP contribution in [-0.2, 0) is 11.2 Å². The molecule has 110 valence electrons. The molecule has 0 bridgehead atoms. The van der Waals surface area contributed by atoms with Crippen molar-refractivity contribution in [2.24, 2.45) is 0 Å². The van der Waals surface area contributed by atoms with Crippen molar-refractivity contribution >= 4 is 28.1 Å². The van der Waals surface area contributed by atoms with E-state index < -0.39 is 11.9 Å². The number of carbonyl (C=O) groups is 1. The average Bonchev–Trinajstić information content (AvgIpc) is 2.85. The number of halogens is 1. The summed E-state index contributed by atoms with van der Waals surface area (Å²) in [6.07, 6.45) is 2.31. The highest BCUT2D eigenvalue weighted by molar-refractivity contribution is 7.15. The third-order valence-electron chi connectivity index (χ3n) is 3.71. The second-order valence-corrected chi connectivity index (χ2v) is 6.25. The topological polar surface area (TPSA) is 62.2 Å². The minimum atomic E-state index is -0.838. The number of benzene rings is 1. The number of anilines is 2. The number of rotatable bonds is 3. The van der Waals surface area contributed by atoms with E-state index in [4.69, 9.17) is 0 Å². The number of aliphatic carboxylic acids is 1. The van der Waals surface area contributed by atoms with Crippen LogP contribution < -0.4 is 5.32 Å². The van der Waals surface area contributed by atoms with Crippen LogP contribution in [0.15, 0.2) is 18.2 Å². The highest BCUT2D eigenvalue weighted by Gasteiger charge is 2.30. The molecule has 0 aliphatic heterocycles. The van der Waals surface area contributed by atoms with Crippen molar-refractivity contribution < 1.29 is 14.3 Å². The Morgan fingerprint density at radius 3 is 3.05 bits per heavy atom. The van der Waals surface area contributed by atoms with Gasteiger partial charge in [-0.1, -0.05) is 12.1 Å². The number of carboxylic acid groups (broad SMARTS) is 1. The van der Waals surface area contributed by atoms with Gasteiger partial charge >= 0.3 is 5.97 Å². The molecule has 1 heterocycles. The number of thiazole rings is 1. The molecular formula is C15H15FN2O2S. The molecule has 1 aromatic heterocycles. The van der Waals surface area contributed by atoms with Gasteiger partial charge in [0, 0.05) is 4.88 Å². The highest BCUT2D eigenvalue weighted by Crippen LogP contribution is 2.38. The first kappa shape index (κ1) is 14.0. The Morgan fingerprint density at radius 1 is 1.52 bits per heavy atom. The molecule has 1 atom stereocenters. The van der Waals surface area contributed by atoms with Crippen LogP contribution in [0.1, 0.15) is 34.9 Å². The van der Waals surface area contributed by atoms with Gasteiger partial charge in [-0.3, -0.25) is 4.79 Å². The summed E-state index contributed by atoms with van der Waals surface area (Å²) >= 11 is 1.42. The second kappa shape index (κ2) is 5.44. The molecule has 0 saturated carbocycles. The van der Waals surface area contributed by atoms with Crippen LogP contribution in [0.25, 0.3) is 0 Å². The molecule has 0 spiro atoms. The first-order valence-corrected chi connectivity index (χ1v) is 7.62. The zero-order chi connectivity index (χ0) is 15.0. The molecule has 0 saturated heterocycles. The Bertz CT molecular complexity index is 679. The first-order chi connectivity index (χ1) is 10.1. The molecule has 0 fully saturated rings. The minimum Gasteiger partial charge on any atom is -0.481 e. The van der Waals surface area contributed by atoms with Crippen LogP contribution in [0, 0.1) is 12.7 Å². The Labute approximate surface area is 125 Å². The number of nitrogens with one attached hydrogen (secondary N) is 1. The van der Waals surface area contributed by atoms with E-state index in [2.05, 4.69) is 10.3 Å². The largest absolute Gasteiger partial charge is 0.481 e. The maximum atomic E-state index is 13.8. The molecule has 1 unspecified atom stereocenters. The summed E-state index contributed by atoms with van der Waals surface area (Å²) < 4.78 is 13.8. The normalized spacial score (nSPS) is 17.3. The number of aryl methyl sites for hydroxylation is 2. The monoisotopic (exact) mass is 306 g/mol. The summed E-state index contributed by atoms with van der Waals surface area (Å²) in [4.78, 5) is 16.7. The van der Waals surface area contributed by atoms with Crippen molar-refractivity contribution in [2.45, 2.75) is 32.1 Å². The number of carboxylic acids is 1. The molecule has 2 aromatic rings. The maximum Gasteiger partial charge on any atom is 0.312 e. The van der Waals surface area contributed by atoms with E-state index in [0.29, 0.717) is 22.9 Å². The number of nitrogens with zero attached hydrogens (tertiary/aromatic N) is 1. The van der Waals surface area contributed by atoms with E-state index in [1.165, 1.54) is 17.4 Å². The molecule has 1 aliphatic carbocycles. The summed E-state index contributed by atoms with van der Waals surface area (Å²) in [6.45, 7) is 1.82. The van der Waals surface area contributed by atoms with Crippen molar-refractivity contribution in [1.29, 1.82) is 0 Å². The van der Waals surface area contributed by atoms with E-state index in [9.17, 15) is 14.3 Å². The van der Waals surface area contributed by atoms with Gasteiger partial charge in [-0.25, -0.2) is 9.37 Å². The van der Waals surface area contributed by atoms with E-state index in [1.54, 1.807) is 6.07 Å². The van der Waals surface area contributed by atoms with Gasteiger partial charge in [0.05, 0.1) is 11.4 Å². The van der Waals surface area contributed by atoms with Gasteiger partial charge in [0.1, 0.15) is 11.7 Å². The first-order valence-electron chi connectivity index (χ1n) is 6.81. The van der Waals surface area contributed by atoms with Crippen LogP contribution >= 0.6 is 11.3 Å². The van der Waals surface area contributed by atoms with Gasteiger partial charge in [-0.15, -0.1) is 11.3 Å². The minimum absolute atomic E-state index is 0.335. The fourth-order valence-electron chi connectivity index (χ4n) is 2.61. The summed E-state index contributed by atoms with van der Waals surface area (Å²) in [5, 5.41) is 12.8. The molecule has 2 N–H and O–H groups in total. The van der Waals surface area contributed by atoms with E-state index >= 15 is 0 Å². The van der Waals surface area contributed by atoms with Crippen molar-refractivity contribution in [3.8, 4) is 0 Å². The fourth-order valence-corrected chi connectivity index (χ4v) is 3.68. The predicted octanol–water partition coefficient (Wildman–Crippen LogP) is 3.84. The van der Waals surface area contributed by atoms with Crippen molar-refractivity contribution in [3.05, 3.63) is 40.2 Å². The lowest BCUT2D eigenvalue weighted by Crippen LogP contribution is -2.17. The predicted molar refractivity (Wildman–Crippen MR) is 79.8 cm³/mol. The Hall–Kier alpha value is -1.95.